The number of carbonyl (C=O) groups excluding carboxylic acids is 1. The van der Waals surface area contributed by atoms with Crippen molar-refractivity contribution in [3.05, 3.63) is 23.8 Å². The number of hydrogen-bond donors (Lipinski definition) is 2. The Morgan fingerprint density at radius 1 is 1.29 bits per heavy atom. The van der Waals surface area contributed by atoms with Crippen molar-refractivity contribution in [2.45, 2.75) is 44.1 Å². The molecule has 0 radical (unpaired) electrons. The summed E-state index contributed by atoms with van der Waals surface area (Å²) in [7, 11) is 1.24. The van der Waals surface area contributed by atoms with Crippen LogP contribution in [0.25, 0.3) is 0 Å². The van der Waals surface area contributed by atoms with E-state index in [-0.39, 0.29) is 17.0 Å². The zero-order valence-corrected chi connectivity index (χ0v) is 13.8. The number of nitrogens with one attached hydrogen (secondary N) is 1. The molecular formula is C16H19F2NO5. The van der Waals surface area contributed by atoms with Crippen molar-refractivity contribution < 1.29 is 33.0 Å². The average molecular weight is 343 g/mol. The first-order valence-electron chi connectivity index (χ1n) is 7.23. The van der Waals surface area contributed by atoms with Gasteiger partial charge in [-0.3, -0.25) is 10.1 Å². The minimum absolute atomic E-state index is 0.0388. The van der Waals surface area contributed by atoms with Gasteiger partial charge in [0, 0.05) is 23.7 Å². The lowest BCUT2D eigenvalue weighted by Crippen LogP contribution is -2.28. The van der Waals surface area contributed by atoms with Gasteiger partial charge >= 0.3 is 12.1 Å². The Bertz CT molecular complexity index is 684. The number of carbonyl (C=O) groups is 2. The minimum Gasteiger partial charge on any atom is -0.496 e. The number of alkyl halides is 2. The molecule has 0 heterocycles. The van der Waals surface area contributed by atoms with Gasteiger partial charge in [-0.1, -0.05) is 6.07 Å². The Morgan fingerprint density at radius 2 is 1.88 bits per heavy atom. The highest BCUT2D eigenvalue weighted by molar-refractivity contribution is 5.90. The summed E-state index contributed by atoms with van der Waals surface area (Å²) >= 11 is 0. The van der Waals surface area contributed by atoms with Crippen LogP contribution in [0.15, 0.2) is 18.2 Å². The van der Waals surface area contributed by atoms with Crippen molar-refractivity contribution in [2.75, 3.05) is 12.4 Å². The lowest BCUT2D eigenvalue weighted by atomic mass is 9.94. The Balaban J connectivity index is 2.29. The Labute approximate surface area is 137 Å². The van der Waals surface area contributed by atoms with E-state index in [9.17, 15) is 23.5 Å². The van der Waals surface area contributed by atoms with E-state index in [1.165, 1.54) is 25.3 Å². The topological polar surface area (TPSA) is 84.9 Å². The lowest BCUT2D eigenvalue weighted by molar-refractivity contribution is -0.143. The van der Waals surface area contributed by atoms with Crippen LogP contribution >= 0.6 is 0 Å². The Morgan fingerprint density at radius 3 is 2.29 bits per heavy atom. The molecular weight excluding hydrogens is 324 g/mol. The second-order valence-corrected chi connectivity index (χ2v) is 6.63. The SMILES string of the molecule is COc1cc(NC(=O)OC(C)(C)C)ccc1C1(C(=O)O)CC1(F)F. The van der Waals surface area contributed by atoms with Crippen LogP contribution in [0.4, 0.5) is 19.3 Å². The molecule has 0 aromatic heterocycles. The maximum Gasteiger partial charge on any atom is 0.412 e. The number of carboxylic acid groups (broad SMARTS) is 1. The normalized spacial score (nSPS) is 21.8. The number of ether oxygens (including phenoxy) is 2. The zero-order valence-electron chi connectivity index (χ0n) is 13.8. The summed E-state index contributed by atoms with van der Waals surface area (Å²) < 4.78 is 37.5. The first-order valence-corrected chi connectivity index (χ1v) is 7.23. The molecule has 132 valence electrons. The summed E-state index contributed by atoms with van der Waals surface area (Å²) in [6.45, 7) is 5.09. The highest BCUT2D eigenvalue weighted by atomic mass is 19.3. The third kappa shape index (κ3) is 3.13. The molecule has 2 N–H and O–H groups in total. The molecule has 0 bridgehead atoms. The van der Waals surface area contributed by atoms with Crippen molar-refractivity contribution in [1.29, 1.82) is 0 Å². The van der Waals surface area contributed by atoms with Crippen LogP contribution in [0.1, 0.15) is 32.8 Å². The average Bonchev–Trinajstić information content (AvgIpc) is 3.00. The number of anilines is 1. The van der Waals surface area contributed by atoms with E-state index in [1.54, 1.807) is 20.8 Å². The van der Waals surface area contributed by atoms with Gasteiger partial charge in [-0.05, 0) is 26.8 Å². The van der Waals surface area contributed by atoms with Crippen molar-refractivity contribution in [2.24, 2.45) is 0 Å². The van der Waals surface area contributed by atoms with Crippen LogP contribution in [-0.4, -0.2) is 35.8 Å². The monoisotopic (exact) mass is 343 g/mol. The summed E-state index contributed by atoms with van der Waals surface area (Å²) in [5.74, 6) is -4.99. The van der Waals surface area contributed by atoms with Gasteiger partial charge in [0.2, 0.25) is 0 Å². The number of amides is 1. The fraction of sp³-hybridized carbons (Fsp3) is 0.500. The third-order valence-electron chi connectivity index (χ3n) is 3.66. The van der Waals surface area contributed by atoms with E-state index in [1.807, 2.05) is 0 Å². The number of halogens is 2. The van der Waals surface area contributed by atoms with Gasteiger partial charge in [-0.2, -0.15) is 0 Å². The fourth-order valence-corrected chi connectivity index (χ4v) is 2.47. The lowest BCUT2D eigenvalue weighted by Gasteiger charge is -2.20. The fourth-order valence-electron chi connectivity index (χ4n) is 2.47. The maximum absolute atomic E-state index is 13.7. The maximum atomic E-state index is 13.7. The molecule has 1 atom stereocenters. The van der Waals surface area contributed by atoms with E-state index in [0.29, 0.717) is 0 Å². The summed E-state index contributed by atoms with van der Waals surface area (Å²) in [5, 5.41) is 11.7. The van der Waals surface area contributed by atoms with Gasteiger partial charge in [-0.25, -0.2) is 13.6 Å². The third-order valence-corrected chi connectivity index (χ3v) is 3.66. The van der Waals surface area contributed by atoms with Gasteiger partial charge in [-0.15, -0.1) is 0 Å². The van der Waals surface area contributed by atoms with Crippen LogP contribution in [-0.2, 0) is 14.9 Å². The van der Waals surface area contributed by atoms with Crippen molar-refractivity contribution in [3.63, 3.8) is 0 Å². The standard InChI is InChI=1S/C16H19F2NO5/c1-14(2,3)24-13(22)19-9-5-6-10(11(7-9)23-4)15(12(20)21)8-16(15,17)18/h5-7H,8H2,1-4H3,(H,19,22)(H,20,21). The first-order chi connectivity index (χ1) is 10.9. The van der Waals surface area contributed by atoms with Crippen LogP contribution in [0.3, 0.4) is 0 Å². The van der Waals surface area contributed by atoms with E-state index in [0.717, 1.165) is 0 Å². The number of benzene rings is 1. The van der Waals surface area contributed by atoms with Crippen LogP contribution in [0, 0.1) is 0 Å². The molecule has 1 fully saturated rings. The summed E-state index contributed by atoms with van der Waals surface area (Å²) in [6, 6.07) is 3.85. The largest absolute Gasteiger partial charge is 0.496 e. The quantitative estimate of drug-likeness (QED) is 0.875. The zero-order chi connectivity index (χ0) is 18.3. The molecule has 8 heteroatoms. The van der Waals surface area contributed by atoms with Crippen molar-refractivity contribution in [1.82, 2.24) is 0 Å². The molecule has 1 aliphatic carbocycles. The van der Waals surface area contributed by atoms with Gasteiger partial charge < -0.3 is 14.6 Å². The van der Waals surface area contributed by atoms with E-state index in [4.69, 9.17) is 9.47 Å². The molecule has 1 saturated carbocycles. The second-order valence-electron chi connectivity index (χ2n) is 6.63. The molecule has 1 aromatic rings. The summed E-state index contributed by atoms with van der Waals surface area (Å²) in [6.07, 6.45) is -1.51. The second kappa shape index (κ2) is 5.61. The van der Waals surface area contributed by atoms with Gasteiger partial charge in [0.1, 0.15) is 11.4 Å². The number of aliphatic carboxylic acids is 1. The number of hydrogen-bond acceptors (Lipinski definition) is 4. The van der Waals surface area contributed by atoms with E-state index in [2.05, 4.69) is 5.32 Å². The highest BCUT2D eigenvalue weighted by Gasteiger charge is 2.78. The number of carboxylic acids is 1. The molecule has 1 amide bonds. The summed E-state index contributed by atoms with van der Waals surface area (Å²) in [5.41, 5.74) is -2.87. The van der Waals surface area contributed by atoms with Crippen LogP contribution < -0.4 is 10.1 Å². The molecule has 6 nitrogen and oxygen atoms in total. The predicted octanol–water partition coefficient (Wildman–Crippen LogP) is 3.40. The molecule has 1 unspecified atom stereocenters. The van der Waals surface area contributed by atoms with Gasteiger partial charge in [0.05, 0.1) is 7.11 Å². The Kier molecular flexibility index (Phi) is 4.20. The van der Waals surface area contributed by atoms with E-state index < -0.39 is 35.4 Å². The van der Waals surface area contributed by atoms with Crippen molar-refractivity contribution in [3.8, 4) is 5.75 Å². The van der Waals surface area contributed by atoms with Crippen molar-refractivity contribution >= 4 is 17.7 Å². The van der Waals surface area contributed by atoms with Gasteiger partial charge in [0.25, 0.3) is 5.92 Å². The molecule has 0 spiro atoms. The molecule has 2 rings (SSSR count). The molecule has 1 aromatic carbocycles. The van der Waals surface area contributed by atoms with Crippen LogP contribution in [0.5, 0.6) is 5.75 Å². The highest BCUT2D eigenvalue weighted by Crippen LogP contribution is 2.63. The smallest absolute Gasteiger partial charge is 0.412 e. The first kappa shape index (κ1) is 18.0. The molecule has 1 aliphatic rings. The number of methoxy groups -OCH3 is 1. The molecule has 0 aliphatic heterocycles. The molecule has 24 heavy (non-hydrogen) atoms. The summed E-state index contributed by atoms with van der Waals surface area (Å²) in [4.78, 5) is 23.1. The molecule has 0 saturated heterocycles. The van der Waals surface area contributed by atoms with E-state index >= 15 is 0 Å². The van der Waals surface area contributed by atoms with Crippen LogP contribution in [0.2, 0.25) is 0 Å². The Hall–Kier alpha value is -2.38. The predicted molar refractivity (Wildman–Crippen MR) is 81.7 cm³/mol. The van der Waals surface area contributed by atoms with Gasteiger partial charge in [0.15, 0.2) is 5.41 Å². The minimum atomic E-state index is -3.34. The number of rotatable bonds is 4.